The standard InChI is InChI=1S/C12H13NO2S/c1-7-5-8(2)12-9(6-7)16-10(13-12)3-4-11(14)15/h5-6H,3-4H2,1-2H3,(H,14,15). The van der Waals surface area contributed by atoms with Crippen molar-refractivity contribution < 1.29 is 9.90 Å². The van der Waals surface area contributed by atoms with E-state index in [4.69, 9.17) is 5.11 Å². The monoisotopic (exact) mass is 235 g/mol. The van der Waals surface area contributed by atoms with Crippen LogP contribution in [0, 0.1) is 13.8 Å². The summed E-state index contributed by atoms with van der Waals surface area (Å²) in [6, 6.07) is 4.20. The van der Waals surface area contributed by atoms with Gasteiger partial charge >= 0.3 is 5.97 Å². The summed E-state index contributed by atoms with van der Waals surface area (Å²) in [5.41, 5.74) is 3.39. The third kappa shape index (κ3) is 2.22. The largest absolute Gasteiger partial charge is 0.481 e. The molecule has 0 unspecified atom stereocenters. The fourth-order valence-electron chi connectivity index (χ4n) is 1.74. The van der Waals surface area contributed by atoms with E-state index in [2.05, 4.69) is 24.0 Å². The molecule has 0 aliphatic carbocycles. The third-order valence-corrected chi connectivity index (χ3v) is 3.49. The first-order chi connectivity index (χ1) is 7.56. The van der Waals surface area contributed by atoms with Crippen LogP contribution in [-0.2, 0) is 11.2 Å². The summed E-state index contributed by atoms with van der Waals surface area (Å²) in [7, 11) is 0. The van der Waals surface area contributed by atoms with Gasteiger partial charge in [0.2, 0.25) is 0 Å². The number of rotatable bonds is 3. The van der Waals surface area contributed by atoms with Gasteiger partial charge in [0, 0.05) is 6.42 Å². The average molecular weight is 235 g/mol. The SMILES string of the molecule is Cc1cc(C)c2nc(CCC(=O)O)sc2c1. The molecular formula is C12H13NO2S. The molecule has 0 aliphatic heterocycles. The van der Waals surface area contributed by atoms with E-state index in [1.807, 2.05) is 6.92 Å². The van der Waals surface area contributed by atoms with Gasteiger partial charge in [0.1, 0.15) is 0 Å². The minimum absolute atomic E-state index is 0.151. The van der Waals surface area contributed by atoms with Crippen LogP contribution in [0.25, 0.3) is 10.2 Å². The molecule has 1 N–H and O–H groups in total. The minimum Gasteiger partial charge on any atom is -0.481 e. The van der Waals surface area contributed by atoms with Crippen molar-refractivity contribution in [2.75, 3.05) is 0 Å². The number of fused-ring (bicyclic) bond motifs is 1. The summed E-state index contributed by atoms with van der Waals surface area (Å²) >= 11 is 1.59. The van der Waals surface area contributed by atoms with Gasteiger partial charge in [-0.15, -0.1) is 11.3 Å². The van der Waals surface area contributed by atoms with Crippen molar-refractivity contribution in [2.45, 2.75) is 26.7 Å². The number of aliphatic carboxylic acids is 1. The molecule has 2 aromatic rings. The molecule has 0 bridgehead atoms. The Balaban J connectivity index is 2.36. The van der Waals surface area contributed by atoms with Gasteiger partial charge in [-0.2, -0.15) is 0 Å². The number of nitrogens with zero attached hydrogens (tertiary/aromatic N) is 1. The number of carboxylic acids is 1. The van der Waals surface area contributed by atoms with Crippen molar-refractivity contribution in [1.29, 1.82) is 0 Å². The molecule has 3 nitrogen and oxygen atoms in total. The lowest BCUT2D eigenvalue weighted by molar-refractivity contribution is -0.136. The fraction of sp³-hybridized carbons (Fsp3) is 0.333. The van der Waals surface area contributed by atoms with E-state index in [1.165, 1.54) is 5.56 Å². The van der Waals surface area contributed by atoms with Crippen LogP contribution in [0.4, 0.5) is 0 Å². The first-order valence-corrected chi connectivity index (χ1v) is 5.96. The summed E-state index contributed by atoms with van der Waals surface area (Å²) in [6.07, 6.45) is 0.672. The summed E-state index contributed by atoms with van der Waals surface area (Å²) in [5.74, 6) is -0.771. The van der Waals surface area contributed by atoms with Gasteiger partial charge in [0.05, 0.1) is 21.6 Å². The van der Waals surface area contributed by atoms with Crippen LogP contribution in [0.1, 0.15) is 22.6 Å². The molecule has 4 heteroatoms. The second-order valence-electron chi connectivity index (χ2n) is 3.93. The molecule has 0 amide bonds. The van der Waals surface area contributed by atoms with E-state index in [1.54, 1.807) is 11.3 Å². The smallest absolute Gasteiger partial charge is 0.303 e. The zero-order valence-corrected chi connectivity index (χ0v) is 10.1. The second kappa shape index (κ2) is 4.22. The summed E-state index contributed by atoms with van der Waals surface area (Å²) in [4.78, 5) is 15.0. The van der Waals surface area contributed by atoms with E-state index >= 15 is 0 Å². The van der Waals surface area contributed by atoms with Gasteiger partial charge < -0.3 is 5.11 Å². The molecule has 0 atom stereocenters. The fourth-order valence-corrected chi connectivity index (χ4v) is 2.88. The number of aryl methyl sites for hydroxylation is 3. The maximum absolute atomic E-state index is 10.5. The zero-order chi connectivity index (χ0) is 11.7. The van der Waals surface area contributed by atoms with Gasteiger partial charge in [-0.3, -0.25) is 4.79 Å². The van der Waals surface area contributed by atoms with Crippen molar-refractivity contribution in [3.05, 3.63) is 28.3 Å². The first kappa shape index (κ1) is 11.1. The molecule has 1 aromatic heterocycles. The van der Waals surface area contributed by atoms with Crippen LogP contribution >= 0.6 is 11.3 Å². The Labute approximate surface area is 97.8 Å². The van der Waals surface area contributed by atoms with Crippen molar-refractivity contribution >= 4 is 27.5 Å². The quantitative estimate of drug-likeness (QED) is 0.889. The van der Waals surface area contributed by atoms with Crippen LogP contribution < -0.4 is 0 Å². The highest BCUT2D eigenvalue weighted by molar-refractivity contribution is 7.18. The summed E-state index contributed by atoms with van der Waals surface area (Å²) in [5, 5.41) is 9.53. The number of hydrogen-bond acceptors (Lipinski definition) is 3. The van der Waals surface area contributed by atoms with E-state index in [0.29, 0.717) is 6.42 Å². The van der Waals surface area contributed by atoms with Crippen LogP contribution in [0.2, 0.25) is 0 Å². The van der Waals surface area contributed by atoms with Crippen LogP contribution in [0.5, 0.6) is 0 Å². The lowest BCUT2D eigenvalue weighted by Crippen LogP contribution is -1.96. The third-order valence-electron chi connectivity index (χ3n) is 2.43. The van der Waals surface area contributed by atoms with Crippen molar-refractivity contribution in [3.63, 3.8) is 0 Å². The molecule has 0 radical (unpaired) electrons. The van der Waals surface area contributed by atoms with Crippen molar-refractivity contribution in [3.8, 4) is 0 Å². The van der Waals surface area contributed by atoms with E-state index in [9.17, 15) is 4.79 Å². The highest BCUT2D eigenvalue weighted by atomic mass is 32.1. The van der Waals surface area contributed by atoms with E-state index < -0.39 is 5.97 Å². The Hall–Kier alpha value is -1.42. The van der Waals surface area contributed by atoms with Gasteiger partial charge in [-0.25, -0.2) is 4.98 Å². The topological polar surface area (TPSA) is 50.2 Å². The maximum atomic E-state index is 10.5. The van der Waals surface area contributed by atoms with Crippen LogP contribution in [0.15, 0.2) is 12.1 Å². The molecule has 84 valence electrons. The number of hydrogen-bond donors (Lipinski definition) is 1. The average Bonchev–Trinajstić information content (AvgIpc) is 2.57. The van der Waals surface area contributed by atoms with Crippen molar-refractivity contribution in [2.24, 2.45) is 0 Å². The molecule has 16 heavy (non-hydrogen) atoms. The lowest BCUT2D eigenvalue weighted by atomic mass is 10.1. The number of carbonyl (C=O) groups is 1. The maximum Gasteiger partial charge on any atom is 0.303 e. The molecular weight excluding hydrogens is 222 g/mol. The number of benzene rings is 1. The molecule has 0 saturated heterocycles. The van der Waals surface area contributed by atoms with E-state index in [-0.39, 0.29) is 6.42 Å². The molecule has 2 rings (SSSR count). The van der Waals surface area contributed by atoms with Crippen LogP contribution in [-0.4, -0.2) is 16.1 Å². The molecule has 0 fully saturated rings. The Morgan fingerprint density at radius 1 is 1.44 bits per heavy atom. The van der Waals surface area contributed by atoms with E-state index in [0.717, 1.165) is 20.8 Å². The van der Waals surface area contributed by atoms with Gasteiger partial charge in [0.25, 0.3) is 0 Å². The lowest BCUT2D eigenvalue weighted by Gasteiger charge is -1.95. The van der Waals surface area contributed by atoms with Crippen molar-refractivity contribution in [1.82, 2.24) is 4.98 Å². The number of thiazole rings is 1. The second-order valence-corrected chi connectivity index (χ2v) is 5.05. The summed E-state index contributed by atoms with van der Waals surface area (Å²) in [6.45, 7) is 4.10. The molecule has 0 spiro atoms. The molecule has 1 heterocycles. The summed E-state index contributed by atoms with van der Waals surface area (Å²) < 4.78 is 1.15. The Morgan fingerprint density at radius 3 is 2.88 bits per heavy atom. The zero-order valence-electron chi connectivity index (χ0n) is 9.28. The Morgan fingerprint density at radius 2 is 2.19 bits per heavy atom. The predicted molar refractivity (Wildman–Crippen MR) is 65.1 cm³/mol. The molecule has 0 aliphatic rings. The number of carboxylic acid groups (broad SMARTS) is 1. The molecule has 0 saturated carbocycles. The Bertz CT molecular complexity index is 545. The van der Waals surface area contributed by atoms with Crippen LogP contribution in [0.3, 0.4) is 0 Å². The highest BCUT2D eigenvalue weighted by Crippen LogP contribution is 2.26. The molecule has 1 aromatic carbocycles. The first-order valence-electron chi connectivity index (χ1n) is 5.15. The minimum atomic E-state index is -0.771. The highest BCUT2D eigenvalue weighted by Gasteiger charge is 2.08. The normalized spacial score (nSPS) is 10.9. The predicted octanol–water partition coefficient (Wildman–Crippen LogP) is 2.93. The van der Waals surface area contributed by atoms with Gasteiger partial charge in [-0.05, 0) is 31.0 Å². The number of aromatic nitrogens is 1. The Kier molecular flexibility index (Phi) is 2.92. The van der Waals surface area contributed by atoms with Gasteiger partial charge in [0.15, 0.2) is 0 Å². The van der Waals surface area contributed by atoms with Gasteiger partial charge in [-0.1, -0.05) is 6.07 Å².